The second kappa shape index (κ2) is 7.68. The van der Waals surface area contributed by atoms with E-state index >= 15 is 0 Å². The van der Waals surface area contributed by atoms with Crippen LogP contribution < -0.4 is 15.8 Å². The van der Waals surface area contributed by atoms with Crippen LogP contribution in [0.2, 0.25) is 0 Å². The molecule has 0 aromatic heterocycles. The largest absolute Gasteiger partial charge is 0.432 e. The molecule has 23 heavy (non-hydrogen) atoms. The highest BCUT2D eigenvalue weighted by Crippen LogP contribution is 2.38. The van der Waals surface area contributed by atoms with E-state index in [1.807, 2.05) is 0 Å². The molecule has 0 atom stereocenters. The molecule has 2 rings (SSSR count). The van der Waals surface area contributed by atoms with Crippen LogP contribution in [0.1, 0.15) is 38.5 Å². The van der Waals surface area contributed by atoms with Gasteiger partial charge in [0.2, 0.25) is 5.91 Å². The smallest absolute Gasteiger partial charge is 0.387 e. The van der Waals surface area contributed by atoms with Gasteiger partial charge in [-0.25, -0.2) is 4.39 Å². The summed E-state index contributed by atoms with van der Waals surface area (Å²) in [6.07, 6.45) is 5.36. The molecule has 0 unspecified atom stereocenters. The van der Waals surface area contributed by atoms with E-state index in [-0.39, 0.29) is 23.4 Å². The summed E-state index contributed by atoms with van der Waals surface area (Å²) >= 11 is 0. The molecule has 3 N–H and O–H groups in total. The van der Waals surface area contributed by atoms with Crippen LogP contribution in [-0.2, 0) is 4.79 Å². The first-order valence-corrected chi connectivity index (χ1v) is 7.68. The molecule has 1 aromatic rings. The lowest BCUT2D eigenvalue weighted by molar-refractivity contribution is -0.118. The molecule has 0 aliphatic heterocycles. The van der Waals surface area contributed by atoms with Crippen molar-refractivity contribution < 1.29 is 22.7 Å². The van der Waals surface area contributed by atoms with E-state index in [0.717, 1.165) is 44.2 Å². The Balaban J connectivity index is 1.98. The normalized spacial score (nSPS) is 17.1. The zero-order chi connectivity index (χ0) is 16.9. The van der Waals surface area contributed by atoms with E-state index < -0.39 is 18.2 Å². The summed E-state index contributed by atoms with van der Waals surface area (Å²) in [6.45, 7) is -2.66. The Kier molecular flexibility index (Phi) is 5.87. The van der Waals surface area contributed by atoms with Crippen LogP contribution in [0.15, 0.2) is 18.2 Å². The number of ether oxygens (including phenoxy) is 1. The van der Waals surface area contributed by atoms with Gasteiger partial charge in [-0.15, -0.1) is 0 Å². The zero-order valence-corrected chi connectivity index (χ0v) is 12.8. The molecule has 1 aliphatic carbocycles. The van der Waals surface area contributed by atoms with Crippen LogP contribution in [0.3, 0.4) is 0 Å². The van der Waals surface area contributed by atoms with Crippen molar-refractivity contribution in [2.45, 2.75) is 45.1 Å². The molecule has 1 aliphatic rings. The van der Waals surface area contributed by atoms with E-state index in [0.29, 0.717) is 6.54 Å². The van der Waals surface area contributed by atoms with Crippen LogP contribution >= 0.6 is 0 Å². The number of alkyl halides is 2. The van der Waals surface area contributed by atoms with Crippen LogP contribution in [0, 0.1) is 11.2 Å². The number of hydrogen-bond donors (Lipinski definition) is 2. The predicted octanol–water partition coefficient (Wildman–Crippen LogP) is 3.66. The van der Waals surface area contributed by atoms with Gasteiger partial charge in [0.15, 0.2) is 11.6 Å². The second-order valence-corrected chi connectivity index (χ2v) is 6.01. The number of amides is 1. The summed E-state index contributed by atoms with van der Waals surface area (Å²) in [5.74, 6) is -1.75. The van der Waals surface area contributed by atoms with Gasteiger partial charge in [0.25, 0.3) is 0 Å². The number of anilines is 1. The summed E-state index contributed by atoms with van der Waals surface area (Å²) in [7, 11) is 0. The molecule has 128 valence electrons. The van der Waals surface area contributed by atoms with Gasteiger partial charge in [0, 0.05) is 18.2 Å². The number of benzene rings is 1. The molecule has 0 spiro atoms. The Labute approximate surface area is 133 Å². The summed E-state index contributed by atoms with van der Waals surface area (Å²) < 4.78 is 41.8. The molecular formula is C16H21F3N2O2. The van der Waals surface area contributed by atoms with Gasteiger partial charge in [-0.2, -0.15) is 8.78 Å². The van der Waals surface area contributed by atoms with Gasteiger partial charge < -0.3 is 15.8 Å². The maximum atomic E-state index is 13.6. The topological polar surface area (TPSA) is 64.4 Å². The SMILES string of the molecule is NCC1(CC(=O)Nc2ccc(OC(F)F)c(F)c2)CCCCC1. The first kappa shape index (κ1) is 17.6. The first-order valence-electron chi connectivity index (χ1n) is 7.68. The number of halogens is 3. The van der Waals surface area contributed by atoms with Crippen molar-refractivity contribution in [1.82, 2.24) is 0 Å². The summed E-state index contributed by atoms with van der Waals surface area (Å²) in [5, 5.41) is 2.59. The molecule has 1 aromatic carbocycles. The Hall–Kier alpha value is -1.76. The number of nitrogens with one attached hydrogen (secondary N) is 1. The summed E-state index contributed by atoms with van der Waals surface area (Å²) in [5.41, 5.74) is 5.85. The molecular weight excluding hydrogens is 309 g/mol. The van der Waals surface area contributed by atoms with E-state index in [1.165, 1.54) is 6.07 Å². The summed E-state index contributed by atoms with van der Waals surface area (Å²) in [4.78, 5) is 12.2. The first-order chi connectivity index (χ1) is 10.9. The maximum absolute atomic E-state index is 13.6. The molecule has 1 saturated carbocycles. The van der Waals surface area contributed by atoms with Gasteiger partial charge in [-0.3, -0.25) is 4.79 Å². The summed E-state index contributed by atoms with van der Waals surface area (Å²) in [6, 6.07) is 3.36. The molecule has 7 heteroatoms. The van der Waals surface area contributed by atoms with Gasteiger partial charge in [0.1, 0.15) is 0 Å². The molecule has 0 saturated heterocycles. The minimum Gasteiger partial charge on any atom is -0.432 e. The van der Waals surface area contributed by atoms with Gasteiger partial charge in [-0.05, 0) is 36.9 Å². The molecule has 0 radical (unpaired) electrons. The Morgan fingerprint density at radius 1 is 1.30 bits per heavy atom. The molecule has 1 fully saturated rings. The van der Waals surface area contributed by atoms with Crippen molar-refractivity contribution >= 4 is 11.6 Å². The van der Waals surface area contributed by atoms with E-state index in [4.69, 9.17) is 5.73 Å². The third kappa shape index (κ3) is 4.86. The second-order valence-electron chi connectivity index (χ2n) is 6.01. The average Bonchev–Trinajstić information content (AvgIpc) is 2.50. The molecule has 1 amide bonds. The van der Waals surface area contributed by atoms with Gasteiger partial charge in [0.05, 0.1) is 0 Å². The monoisotopic (exact) mass is 330 g/mol. The van der Waals surface area contributed by atoms with E-state index in [9.17, 15) is 18.0 Å². The fourth-order valence-corrected chi connectivity index (χ4v) is 3.07. The number of hydrogen-bond acceptors (Lipinski definition) is 3. The van der Waals surface area contributed by atoms with Gasteiger partial charge in [-0.1, -0.05) is 19.3 Å². The van der Waals surface area contributed by atoms with Crippen LogP contribution in [0.5, 0.6) is 5.75 Å². The Morgan fingerprint density at radius 3 is 2.57 bits per heavy atom. The maximum Gasteiger partial charge on any atom is 0.387 e. The fourth-order valence-electron chi connectivity index (χ4n) is 3.07. The number of nitrogens with two attached hydrogens (primary N) is 1. The van der Waals surface area contributed by atoms with Crippen molar-refractivity contribution in [1.29, 1.82) is 0 Å². The van der Waals surface area contributed by atoms with Crippen LogP contribution in [0.25, 0.3) is 0 Å². The van der Waals surface area contributed by atoms with Gasteiger partial charge >= 0.3 is 6.61 Å². The van der Waals surface area contributed by atoms with E-state index in [1.54, 1.807) is 0 Å². The minimum absolute atomic E-state index is 0.195. The van der Waals surface area contributed by atoms with Crippen molar-refractivity contribution in [2.24, 2.45) is 11.1 Å². The standard InChI is InChI=1S/C16H21F3N2O2/c17-12-8-11(4-5-13(12)23-15(18)19)21-14(22)9-16(10-20)6-2-1-3-7-16/h4-5,8,15H,1-3,6-7,9-10,20H2,(H,21,22). The van der Waals surface area contributed by atoms with Crippen LogP contribution in [-0.4, -0.2) is 19.1 Å². The van der Waals surface area contributed by atoms with Crippen molar-refractivity contribution in [3.63, 3.8) is 0 Å². The number of carbonyl (C=O) groups excluding carboxylic acids is 1. The highest BCUT2D eigenvalue weighted by Gasteiger charge is 2.33. The Morgan fingerprint density at radius 2 is 2.00 bits per heavy atom. The number of carbonyl (C=O) groups is 1. The Bertz CT molecular complexity index is 546. The van der Waals surface area contributed by atoms with Crippen molar-refractivity contribution in [3.8, 4) is 5.75 Å². The van der Waals surface area contributed by atoms with E-state index in [2.05, 4.69) is 10.1 Å². The van der Waals surface area contributed by atoms with Crippen molar-refractivity contribution in [2.75, 3.05) is 11.9 Å². The van der Waals surface area contributed by atoms with Crippen molar-refractivity contribution in [3.05, 3.63) is 24.0 Å². The quantitative estimate of drug-likeness (QED) is 0.836. The molecule has 4 nitrogen and oxygen atoms in total. The lowest BCUT2D eigenvalue weighted by Gasteiger charge is -2.35. The predicted molar refractivity (Wildman–Crippen MR) is 80.9 cm³/mol. The third-order valence-corrected chi connectivity index (χ3v) is 4.31. The fraction of sp³-hybridized carbons (Fsp3) is 0.562. The zero-order valence-electron chi connectivity index (χ0n) is 12.8. The van der Waals surface area contributed by atoms with Crippen LogP contribution in [0.4, 0.5) is 18.9 Å². The lowest BCUT2D eigenvalue weighted by Crippen LogP contribution is -2.36. The average molecular weight is 330 g/mol. The highest BCUT2D eigenvalue weighted by atomic mass is 19.3. The molecule has 0 bridgehead atoms. The minimum atomic E-state index is -3.10. The lowest BCUT2D eigenvalue weighted by atomic mass is 9.71. The molecule has 0 heterocycles. The number of rotatable bonds is 6. The third-order valence-electron chi connectivity index (χ3n) is 4.31. The highest BCUT2D eigenvalue weighted by molar-refractivity contribution is 5.91.